The first-order valence-corrected chi connectivity index (χ1v) is 6.37. The molecule has 1 aromatic heterocycles. The van der Waals surface area contributed by atoms with Crippen molar-refractivity contribution in [2.75, 3.05) is 7.11 Å². The van der Waals surface area contributed by atoms with Crippen LogP contribution < -0.4 is 5.73 Å². The van der Waals surface area contributed by atoms with Crippen LogP contribution in [0.15, 0.2) is 12.3 Å². The maximum Gasteiger partial charge on any atom is 0.0823 e. The second kappa shape index (κ2) is 6.17. The first-order valence-electron chi connectivity index (χ1n) is 6.37. The fourth-order valence-corrected chi connectivity index (χ4v) is 2.43. The average Bonchev–Trinajstić information content (AvgIpc) is 2.75. The van der Waals surface area contributed by atoms with Crippen LogP contribution in [0.2, 0.25) is 0 Å². The predicted molar refractivity (Wildman–Crippen MR) is 69.8 cm³/mol. The van der Waals surface area contributed by atoms with E-state index in [2.05, 4.69) is 18.9 Å². The summed E-state index contributed by atoms with van der Waals surface area (Å²) in [6.45, 7) is 4.27. The van der Waals surface area contributed by atoms with Gasteiger partial charge >= 0.3 is 0 Å². The third-order valence-corrected chi connectivity index (χ3v) is 3.91. The lowest BCUT2D eigenvalue weighted by atomic mass is 9.86. The number of aryl methyl sites for hydroxylation is 2. The number of aromatic nitrogens is 2. The highest BCUT2D eigenvalue weighted by Gasteiger charge is 2.32. The van der Waals surface area contributed by atoms with Crippen LogP contribution in [0.5, 0.6) is 0 Å². The number of hydrogen-bond donors (Lipinski definition) is 1. The van der Waals surface area contributed by atoms with Crippen molar-refractivity contribution in [1.82, 2.24) is 9.78 Å². The van der Waals surface area contributed by atoms with E-state index in [-0.39, 0.29) is 11.6 Å². The molecule has 1 aromatic rings. The topological polar surface area (TPSA) is 53.1 Å². The van der Waals surface area contributed by atoms with E-state index in [9.17, 15) is 0 Å². The minimum Gasteiger partial charge on any atom is -0.377 e. The van der Waals surface area contributed by atoms with Crippen LogP contribution in [0, 0.1) is 0 Å². The molecular weight excluding hydrogens is 214 g/mol. The molecule has 0 aliphatic rings. The molecule has 0 radical (unpaired) electrons. The quantitative estimate of drug-likeness (QED) is 0.790. The number of nitrogens with zero attached hydrogens (tertiary/aromatic N) is 2. The Balaban J connectivity index is 2.59. The largest absolute Gasteiger partial charge is 0.377 e. The van der Waals surface area contributed by atoms with E-state index >= 15 is 0 Å². The third-order valence-electron chi connectivity index (χ3n) is 3.91. The Hall–Kier alpha value is -0.870. The molecule has 1 atom stereocenters. The van der Waals surface area contributed by atoms with Crippen molar-refractivity contribution >= 4 is 0 Å². The van der Waals surface area contributed by atoms with Crippen LogP contribution in [-0.4, -0.2) is 28.5 Å². The number of methoxy groups -OCH3 is 1. The molecule has 0 aromatic carbocycles. The highest BCUT2D eigenvalue weighted by Crippen LogP contribution is 2.25. The van der Waals surface area contributed by atoms with Gasteiger partial charge in [0.15, 0.2) is 0 Å². The first kappa shape index (κ1) is 14.2. The lowest BCUT2D eigenvalue weighted by Gasteiger charge is -2.36. The predicted octanol–water partition coefficient (Wildman–Crippen LogP) is 1.89. The van der Waals surface area contributed by atoms with Gasteiger partial charge in [0, 0.05) is 32.1 Å². The molecule has 98 valence electrons. The molecule has 0 saturated carbocycles. The normalized spacial score (nSPS) is 13.9. The van der Waals surface area contributed by atoms with Crippen molar-refractivity contribution in [1.29, 1.82) is 0 Å². The highest BCUT2D eigenvalue weighted by atomic mass is 16.5. The maximum atomic E-state index is 6.30. The van der Waals surface area contributed by atoms with Crippen LogP contribution >= 0.6 is 0 Å². The van der Waals surface area contributed by atoms with E-state index in [1.165, 1.54) is 5.69 Å². The summed E-state index contributed by atoms with van der Waals surface area (Å²) in [5.74, 6) is 0. The SMILES string of the molecule is CCC(CC)(OC)C(N)CCc1ccnn1C. The van der Waals surface area contributed by atoms with Gasteiger partial charge in [-0.15, -0.1) is 0 Å². The fourth-order valence-electron chi connectivity index (χ4n) is 2.43. The summed E-state index contributed by atoms with van der Waals surface area (Å²) in [4.78, 5) is 0. The Labute approximate surface area is 104 Å². The Morgan fingerprint density at radius 1 is 1.47 bits per heavy atom. The van der Waals surface area contributed by atoms with Crippen molar-refractivity contribution in [3.63, 3.8) is 0 Å². The molecule has 17 heavy (non-hydrogen) atoms. The van der Waals surface area contributed by atoms with Gasteiger partial charge in [0.2, 0.25) is 0 Å². The summed E-state index contributed by atoms with van der Waals surface area (Å²) in [5, 5.41) is 4.16. The molecule has 1 unspecified atom stereocenters. The lowest BCUT2D eigenvalue weighted by molar-refractivity contribution is -0.0394. The minimum absolute atomic E-state index is 0.0670. The molecule has 1 heterocycles. The summed E-state index contributed by atoms with van der Waals surface area (Å²) in [6.07, 6.45) is 5.60. The molecule has 0 amide bonds. The van der Waals surface area contributed by atoms with Gasteiger partial charge in [-0.3, -0.25) is 4.68 Å². The molecule has 0 aliphatic carbocycles. The summed E-state index contributed by atoms with van der Waals surface area (Å²) in [7, 11) is 3.72. The molecule has 4 nitrogen and oxygen atoms in total. The van der Waals surface area contributed by atoms with E-state index in [1.54, 1.807) is 7.11 Å². The fraction of sp³-hybridized carbons (Fsp3) is 0.769. The van der Waals surface area contributed by atoms with Crippen molar-refractivity contribution in [3.8, 4) is 0 Å². The standard InChI is InChI=1S/C13H25N3O/c1-5-13(6-2,17-4)12(14)8-7-11-9-10-15-16(11)3/h9-10,12H,5-8,14H2,1-4H3. The van der Waals surface area contributed by atoms with Crippen LogP contribution in [0.25, 0.3) is 0 Å². The van der Waals surface area contributed by atoms with Gasteiger partial charge in [0.25, 0.3) is 0 Å². The van der Waals surface area contributed by atoms with Gasteiger partial charge in [-0.05, 0) is 31.7 Å². The van der Waals surface area contributed by atoms with E-state index < -0.39 is 0 Å². The smallest absolute Gasteiger partial charge is 0.0823 e. The van der Waals surface area contributed by atoms with E-state index in [0.717, 1.165) is 25.7 Å². The summed E-state index contributed by atoms with van der Waals surface area (Å²) in [6, 6.07) is 2.11. The zero-order valence-electron chi connectivity index (χ0n) is 11.4. The van der Waals surface area contributed by atoms with Gasteiger partial charge in [-0.25, -0.2) is 0 Å². The van der Waals surface area contributed by atoms with Crippen molar-refractivity contribution < 1.29 is 4.74 Å². The van der Waals surface area contributed by atoms with Crippen LogP contribution in [0.1, 0.15) is 38.8 Å². The Bertz CT molecular complexity index is 323. The first-order chi connectivity index (χ1) is 8.09. The minimum atomic E-state index is -0.182. The van der Waals surface area contributed by atoms with Gasteiger partial charge in [-0.1, -0.05) is 13.8 Å². The molecule has 0 fully saturated rings. The van der Waals surface area contributed by atoms with E-state index in [0.29, 0.717) is 0 Å². The molecule has 0 bridgehead atoms. The number of hydrogen-bond acceptors (Lipinski definition) is 3. The van der Waals surface area contributed by atoms with Crippen LogP contribution in [0.4, 0.5) is 0 Å². The third kappa shape index (κ3) is 3.07. The highest BCUT2D eigenvalue weighted by molar-refractivity contribution is 5.01. The van der Waals surface area contributed by atoms with Crippen molar-refractivity contribution in [2.24, 2.45) is 12.8 Å². The van der Waals surface area contributed by atoms with Gasteiger partial charge in [0.1, 0.15) is 0 Å². The second-order valence-electron chi connectivity index (χ2n) is 4.57. The maximum absolute atomic E-state index is 6.30. The van der Waals surface area contributed by atoms with Crippen molar-refractivity contribution in [3.05, 3.63) is 18.0 Å². The van der Waals surface area contributed by atoms with Gasteiger partial charge < -0.3 is 10.5 Å². The second-order valence-corrected chi connectivity index (χ2v) is 4.57. The zero-order valence-corrected chi connectivity index (χ0v) is 11.4. The number of rotatable bonds is 7. The Morgan fingerprint density at radius 3 is 2.53 bits per heavy atom. The molecule has 2 N–H and O–H groups in total. The van der Waals surface area contributed by atoms with E-state index in [4.69, 9.17) is 10.5 Å². The molecule has 4 heteroatoms. The Morgan fingerprint density at radius 2 is 2.12 bits per heavy atom. The van der Waals surface area contributed by atoms with Crippen LogP contribution in [-0.2, 0) is 18.2 Å². The van der Waals surface area contributed by atoms with Gasteiger partial charge in [-0.2, -0.15) is 5.10 Å². The van der Waals surface area contributed by atoms with E-state index in [1.807, 2.05) is 24.0 Å². The summed E-state index contributed by atoms with van der Waals surface area (Å²) >= 11 is 0. The summed E-state index contributed by atoms with van der Waals surface area (Å²) in [5.41, 5.74) is 7.33. The molecule has 0 spiro atoms. The molecule has 0 aliphatic heterocycles. The monoisotopic (exact) mass is 239 g/mol. The summed E-state index contributed by atoms with van der Waals surface area (Å²) < 4.78 is 7.55. The Kier molecular flexibility index (Phi) is 5.15. The average molecular weight is 239 g/mol. The number of ether oxygens (including phenoxy) is 1. The van der Waals surface area contributed by atoms with Crippen molar-refractivity contribution in [2.45, 2.75) is 51.2 Å². The van der Waals surface area contributed by atoms with Crippen LogP contribution in [0.3, 0.4) is 0 Å². The zero-order chi connectivity index (χ0) is 12.9. The van der Waals surface area contributed by atoms with Gasteiger partial charge in [0.05, 0.1) is 5.60 Å². The lowest BCUT2D eigenvalue weighted by Crippen LogP contribution is -2.49. The molecule has 1 rings (SSSR count). The molecule has 0 saturated heterocycles. The molecular formula is C13H25N3O. The number of nitrogens with two attached hydrogens (primary N) is 1.